The quantitative estimate of drug-likeness (QED) is 0.841. The van der Waals surface area contributed by atoms with Crippen molar-refractivity contribution in [1.82, 2.24) is 4.90 Å². The molecule has 0 aromatic heterocycles. The molecule has 0 radical (unpaired) electrons. The lowest BCUT2D eigenvalue weighted by Crippen LogP contribution is -2.38. The van der Waals surface area contributed by atoms with Crippen molar-refractivity contribution in [3.63, 3.8) is 0 Å². The Morgan fingerprint density at radius 3 is 2.32 bits per heavy atom. The molecule has 0 fully saturated rings. The summed E-state index contributed by atoms with van der Waals surface area (Å²) >= 11 is 0. The molecule has 0 aliphatic carbocycles. The van der Waals surface area contributed by atoms with Crippen molar-refractivity contribution >= 4 is 0 Å². The number of alkyl halides is 3. The van der Waals surface area contributed by atoms with Gasteiger partial charge in [0.1, 0.15) is 0 Å². The molecule has 0 amide bonds. The van der Waals surface area contributed by atoms with Gasteiger partial charge < -0.3 is 5.73 Å². The zero-order valence-electron chi connectivity index (χ0n) is 10.3. The van der Waals surface area contributed by atoms with Crippen LogP contribution in [-0.4, -0.2) is 30.7 Å². The highest BCUT2D eigenvalue weighted by Crippen LogP contribution is 2.19. The number of hydrogen-bond acceptors (Lipinski definition) is 2. The highest BCUT2D eigenvalue weighted by atomic mass is 19.4. The average Bonchev–Trinajstić information content (AvgIpc) is 2.29. The smallest absolute Gasteiger partial charge is 0.323 e. The van der Waals surface area contributed by atoms with Gasteiger partial charge >= 0.3 is 6.18 Å². The molecule has 0 bridgehead atoms. The minimum absolute atomic E-state index is 0.0823. The van der Waals surface area contributed by atoms with Crippen LogP contribution in [0.3, 0.4) is 0 Å². The van der Waals surface area contributed by atoms with Crippen LogP contribution in [0.1, 0.15) is 18.5 Å². The predicted octanol–water partition coefficient (Wildman–Crippen LogP) is 2.85. The van der Waals surface area contributed by atoms with Crippen LogP contribution in [0.4, 0.5) is 22.0 Å². The zero-order valence-corrected chi connectivity index (χ0v) is 10.3. The number of likely N-dealkylation sites (N-methyl/N-ethyl adjacent to an activating group) is 1. The first kappa shape index (κ1) is 15.8. The third kappa shape index (κ3) is 5.12. The molecule has 1 atom stereocenters. The summed E-state index contributed by atoms with van der Waals surface area (Å²) in [6.07, 6.45) is -4.32. The fraction of sp³-hybridized carbons (Fsp3) is 0.500. The number of rotatable bonds is 5. The lowest BCUT2D eigenvalue weighted by atomic mass is 10.1. The standard InChI is InChI=1S/C12H15F5N2/c1-2-19(7-12(15,16)17)6-11(18)8-3-4-9(13)10(14)5-8/h3-5,11H,2,6-7,18H2,1H3. The summed E-state index contributed by atoms with van der Waals surface area (Å²) < 4.78 is 62.6. The Hall–Kier alpha value is -1.21. The summed E-state index contributed by atoms with van der Waals surface area (Å²) in [5.74, 6) is -2.08. The second kappa shape index (κ2) is 6.29. The number of hydrogen-bond donors (Lipinski definition) is 1. The van der Waals surface area contributed by atoms with E-state index < -0.39 is 30.4 Å². The number of nitrogens with two attached hydrogens (primary N) is 1. The maximum absolute atomic E-state index is 13.0. The molecule has 0 saturated heterocycles. The molecule has 1 unspecified atom stereocenters. The van der Waals surface area contributed by atoms with Crippen LogP contribution in [0.25, 0.3) is 0 Å². The van der Waals surface area contributed by atoms with E-state index in [9.17, 15) is 22.0 Å². The summed E-state index contributed by atoms with van der Waals surface area (Å²) in [6.45, 7) is 0.572. The Labute approximate surface area is 108 Å². The first-order chi connectivity index (χ1) is 8.73. The zero-order chi connectivity index (χ0) is 14.6. The Morgan fingerprint density at radius 1 is 1.21 bits per heavy atom. The SMILES string of the molecule is CCN(CC(N)c1ccc(F)c(F)c1)CC(F)(F)F. The van der Waals surface area contributed by atoms with Crippen LogP contribution < -0.4 is 5.73 Å². The van der Waals surface area contributed by atoms with Crippen molar-refractivity contribution in [2.24, 2.45) is 5.73 Å². The summed E-state index contributed by atoms with van der Waals surface area (Å²) in [5.41, 5.74) is 5.97. The second-order valence-corrected chi connectivity index (χ2v) is 4.22. The number of benzene rings is 1. The van der Waals surface area contributed by atoms with E-state index in [2.05, 4.69) is 0 Å². The Kier molecular flexibility index (Phi) is 5.25. The second-order valence-electron chi connectivity index (χ2n) is 4.22. The van der Waals surface area contributed by atoms with E-state index in [0.717, 1.165) is 17.0 Å². The van der Waals surface area contributed by atoms with Crippen molar-refractivity contribution in [2.75, 3.05) is 19.6 Å². The van der Waals surface area contributed by atoms with Crippen molar-refractivity contribution in [3.8, 4) is 0 Å². The fourth-order valence-electron chi connectivity index (χ4n) is 1.69. The monoisotopic (exact) mass is 282 g/mol. The maximum Gasteiger partial charge on any atom is 0.401 e. The van der Waals surface area contributed by atoms with Gasteiger partial charge in [-0.25, -0.2) is 8.78 Å². The van der Waals surface area contributed by atoms with E-state index in [1.54, 1.807) is 6.92 Å². The summed E-state index contributed by atoms with van der Waals surface area (Å²) in [6, 6.07) is 2.27. The van der Waals surface area contributed by atoms with E-state index in [1.807, 2.05) is 0 Å². The van der Waals surface area contributed by atoms with Gasteiger partial charge in [-0.05, 0) is 24.2 Å². The average molecular weight is 282 g/mol. The highest BCUT2D eigenvalue weighted by Gasteiger charge is 2.30. The van der Waals surface area contributed by atoms with Gasteiger partial charge in [-0.15, -0.1) is 0 Å². The number of nitrogens with zero attached hydrogens (tertiary/aromatic N) is 1. The summed E-state index contributed by atoms with van der Waals surface area (Å²) in [7, 11) is 0. The van der Waals surface area contributed by atoms with E-state index >= 15 is 0 Å². The van der Waals surface area contributed by atoms with E-state index in [-0.39, 0.29) is 18.7 Å². The first-order valence-corrected chi connectivity index (χ1v) is 5.72. The molecule has 1 aromatic rings. The molecule has 1 aromatic carbocycles. The topological polar surface area (TPSA) is 29.3 Å². The van der Waals surface area contributed by atoms with Gasteiger partial charge in [-0.3, -0.25) is 4.90 Å². The molecule has 19 heavy (non-hydrogen) atoms. The molecular weight excluding hydrogens is 267 g/mol. The number of halogens is 5. The minimum atomic E-state index is -4.32. The van der Waals surface area contributed by atoms with Gasteiger partial charge in [0.05, 0.1) is 6.54 Å². The third-order valence-corrected chi connectivity index (χ3v) is 2.68. The van der Waals surface area contributed by atoms with Gasteiger partial charge in [0, 0.05) is 12.6 Å². The van der Waals surface area contributed by atoms with E-state index in [4.69, 9.17) is 5.73 Å². The van der Waals surface area contributed by atoms with E-state index in [0.29, 0.717) is 0 Å². The highest BCUT2D eigenvalue weighted by molar-refractivity contribution is 5.21. The summed E-state index contributed by atoms with van der Waals surface area (Å²) in [5, 5.41) is 0. The molecule has 2 nitrogen and oxygen atoms in total. The molecule has 1 rings (SSSR count). The largest absolute Gasteiger partial charge is 0.401 e. The Morgan fingerprint density at radius 2 is 1.84 bits per heavy atom. The molecule has 2 N–H and O–H groups in total. The van der Waals surface area contributed by atoms with Gasteiger partial charge in [0.25, 0.3) is 0 Å². The molecule has 0 spiro atoms. The van der Waals surface area contributed by atoms with Crippen LogP contribution in [0.2, 0.25) is 0 Å². The van der Waals surface area contributed by atoms with Crippen LogP contribution in [0.15, 0.2) is 18.2 Å². The van der Waals surface area contributed by atoms with Gasteiger partial charge in [-0.1, -0.05) is 13.0 Å². The molecule has 0 heterocycles. The normalized spacial score (nSPS) is 13.9. The maximum atomic E-state index is 13.0. The van der Waals surface area contributed by atoms with E-state index in [1.165, 1.54) is 6.07 Å². The fourth-order valence-corrected chi connectivity index (χ4v) is 1.69. The predicted molar refractivity (Wildman–Crippen MR) is 61.5 cm³/mol. The van der Waals surface area contributed by atoms with Crippen LogP contribution in [0, 0.1) is 11.6 Å². The molecule has 7 heteroatoms. The molecule has 0 aliphatic rings. The molecular formula is C12H15F5N2. The van der Waals surface area contributed by atoms with Gasteiger partial charge in [0.2, 0.25) is 0 Å². The Bertz CT molecular complexity index is 419. The van der Waals surface area contributed by atoms with Crippen LogP contribution in [-0.2, 0) is 0 Å². The van der Waals surface area contributed by atoms with Crippen molar-refractivity contribution in [1.29, 1.82) is 0 Å². The van der Waals surface area contributed by atoms with Gasteiger partial charge in [-0.2, -0.15) is 13.2 Å². The Balaban J connectivity index is 2.71. The van der Waals surface area contributed by atoms with Gasteiger partial charge in [0.15, 0.2) is 11.6 Å². The lowest BCUT2D eigenvalue weighted by molar-refractivity contribution is -0.145. The lowest BCUT2D eigenvalue weighted by Gasteiger charge is -2.25. The summed E-state index contributed by atoms with van der Waals surface area (Å²) in [4.78, 5) is 1.10. The molecule has 108 valence electrons. The van der Waals surface area contributed by atoms with Crippen molar-refractivity contribution in [3.05, 3.63) is 35.4 Å². The minimum Gasteiger partial charge on any atom is -0.323 e. The first-order valence-electron chi connectivity index (χ1n) is 5.72. The molecule has 0 aliphatic heterocycles. The third-order valence-electron chi connectivity index (χ3n) is 2.68. The van der Waals surface area contributed by atoms with Crippen molar-refractivity contribution < 1.29 is 22.0 Å². The van der Waals surface area contributed by atoms with Crippen LogP contribution >= 0.6 is 0 Å². The molecule has 0 saturated carbocycles. The van der Waals surface area contributed by atoms with Crippen molar-refractivity contribution in [2.45, 2.75) is 19.1 Å². The van der Waals surface area contributed by atoms with Crippen LogP contribution in [0.5, 0.6) is 0 Å².